The molecule has 5 heteroatoms. The Morgan fingerprint density at radius 2 is 2.41 bits per heavy atom. The standard InChI is InChI=1S/C12H15FN2OS/c1-7(14)12(16)15-10-4-5-17-11-3-2-8(13)6-9(10)11/h2-3,6-7,10H,4-5,14H2,1H3,(H,15,16)/t7-,10?/m0/s1. The van der Waals surface area contributed by atoms with Gasteiger partial charge in [0.25, 0.3) is 0 Å². The molecule has 3 nitrogen and oxygen atoms in total. The zero-order valence-electron chi connectivity index (χ0n) is 9.57. The van der Waals surface area contributed by atoms with Crippen molar-refractivity contribution < 1.29 is 9.18 Å². The van der Waals surface area contributed by atoms with Crippen molar-refractivity contribution >= 4 is 17.7 Å². The van der Waals surface area contributed by atoms with Crippen LogP contribution in [0.3, 0.4) is 0 Å². The fourth-order valence-corrected chi connectivity index (χ4v) is 2.92. The van der Waals surface area contributed by atoms with Crippen LogP contribution in [0.2, 0.25) is 0 Å². The number of amides is 1. The molecule has 1 heterocycles. The number of hydrogen-bond donors (Lipinski definition) is 2. The van der Waals surface area contributed by atoms with E-state index in [1.54, 1.807) is 24.8 Å². The molecule has 0 fully saturated rings. The molecule has 0 saturated carbocycles. The van der Waals surface area contributed by atoms with Gasteiger partial charge >= 0.3 is 0 Å². The molecule has 0 radical (unpaired) electrons. The molecule has 0 aliphatic carbocycles. The van der Waals surface area contributed by atoms with Gasteiger partial charge in [-0.25, -0.2) is 4.39 Å². The largest absolute Gasteiger partial charge is 0.348 e. The van der Waals surface area contributed by atoms with Gasteiger partial charge in [-0.1, -0.05) is 0 Å². The summed E-state index contributed by atoms with van der Waals surface area (Å²) in [5, 5.41) is 2.86. The molecule has 3 N–H and O–H groups in total. The van der Waals surface area contributed by atoms with Gasteiger partial charge in [-0.3, -0.25) is 4.79 Å². The molecule has 0 saturated heterocycles. The van der Waals surface area contributed by atoms with E-state index < -0.39 is 6.04 Å². The lowest BCUT2D eigenvalue weighted by Gasteiger charge is -2.26. The third-order valence-electron chi connectivity index (χ3n) is 2.74. The number of fused-ring (bicyclic) bond motifs is 1. The summed E-state index contributed by atoms with van der Waals surface area (Å²) in [5.74, 6) is 0.450. The molecule has 1 amide bonds. The first-order valence-electron chi connectivity index (χ1n) is 5.56. The predicted octanol–water partition coefficient (Wildman–Crippen LogP) is 1.83. The number of nitrogens with two attached hydrogens (primary N) is 1. The highest BCUT2D eigenvalue weighted by molar-refractivity contribution is 7.99. The maximum Gasteiger partial charge on any atom is 0.237 e. The number of carbonyl (C=O) groups excluding carboxylic acids is 1. The summed E-state index contributed by atoms with van der Waals surface area (Å²) >= 11 is 1.69. The number of hydrogen-bond acceptors (Lipinski definition) is 3. The van der Waals surface area contributed by atoms with Crippen LogP contribution >= 0.6 is 11.8 Å². The Balaban J connectivity index is 2.22. The van der Waals surface area contributed by atoms with Gasteiger partial charge in [-0.15, -0.1) is 11.8 Å². The first-order valence-corrected chi connectivity index (χ1v) is 6.54. The highest BCUT2D eigenvalue weighted by Gasteiger charge is 2.23. The SMILES string of the molecule is C[C@H](N)C(=O)NC1CCSc2ccc(F)cc21. The van der Waals surface area contributed by atoms with Crippen LogP contribution < -0.4 is 11.1 Å². The minimum absolute atomic E-state index is 0.125. The molecule has 17 heavy (non-hydrogen) atoms. The Kier molecular flexibility index (Phi) is 3.69. The summed E-state index contributed by atoms with van der Waals surface area (Å²) < 4.78 is 13.2. The van der Waals surface area contributed by atoms with E-state index in [4.69, 9.17) is 5.73 Å². The number of thioether (sulfide) groups is 1. The molecule has 1 unspecified atom stereocenters. The van der Waals surface area contributed by atoms with E-state index in [1.165, 1.54) is 12.1 Å². The lowest BCUT2D eigenvalue weighted by molar-refractivity contribution is -0.122. The Labute approximate surface area is 104 Å². The van der Waals surface area contributed by atoms with E-state index in [0.717, 1.165) is 22.6 Å². The smallest absolute Gasteiger partial charge is 0.237 e. The second-order valence-corrected chi connectivity index (χ2v) is 5.31. The van der Waals surface area contributed by atoms with Crippen LogP contribution in [0.15, 0.2) is 23.1 Å². The minimum Gasteiger partial charge on any atom is -0.348 e. The number of carbonyl (C=O) groups is 1. The van der Waals surface area contributed by atoms with Crippen molar-refractivity contribution in [3.63, 3.8) is 0 Å². The van der Waals surface area contributed by atoms with Crippen molar-refractivity contribution in [1.29, 1.82) is 0 Å². The molecule has 0 bridgehead atoms. The first-order chi connectivity index (χ1) is 8.08. The van der Waals surface area contributed by atoms with Crippen molar-refractivity contribution in [3.8, 4) is 0 Å². The molecule has 1 aliphatic heterocycles. The maximum absolute atomic E-state index is 13.2. The van der Waals surface area contributed by atoms with E-state index >= 15 is 0 Å². The average molecular weight is 254 g/mol. The van der Waals surface area contributed by atoms with Gasteiger partial charge in [0.2, 0.25) is 5.91 Å². The topological polar surface area (TPSA) is 55.1 Å². The van der Waals surface area contributed by atoms with Gasteiger partial charge in [0.1, 0.15) is 5.82 Å². The molecule has 1 aliphatic rings. The predicted molar refractivity (Wildman–Crippen MR) is 66.3 cm³/mol. The fraction of sp³-hybridized carbons (Fsp3) is 0.417. The van der Waals surface area contributed by atoms with E-state index in [2.05, 4.69) is 5.32 Å². The van der Waals surface area contributed by atoms with Crippen molar-refractivity contribution in [2.75, 3.05) is 5.75 Å². The molecule has 1 aromatic carbocycles. The summed E-state index contributed by atoms with van der Waals surface area (Å²) in [6, 6.07) is 4.04. The van der Waals surface area contributed by atoms with Gasteiger partial charge in [0, 0.05) is 10.6 Å². The number of benzene rings is 1. The summed E-state index contributed by atoms with van der Waals surface area (Å²) in [6.45, 7) is 1.64. The van der Waals surface area contributed by atoms with E-state index in [9.17, 15) is 9.18 Å². The van der Waals surface area contributed by atoms with Crippen LogP contribution in [0.1, 0.15) is 24.9 Å². The van der Waals surface area contributed by atoms with Crippen molar-refractivity contribution in [2.24, 2.45) is 5.73 Å². The Morgan fingerprint density at radius 1 is 1.65 bits per heavy atom. The zero-order chi connectivity index (χ0) is 12.4. The first kappa shape index (κ1) is 12.4. The van der Waals surface area contributed by atoms with Gasteiger partial charge < -0.3 is 11.1 Å². The van der Waals surface area contributed by atoms with E-state index in [1.807, 2.05) is 0 Å². The number of rotatable bonds is 2. The minimum atomic E-state index is -0.540. The van der Waals surface area contributed by atoms with Crippen LogP contribution in [-0.4, -0.2) is 17.7 Å². The quantitative estimate of drug-likeness (QED) is 0.846. The fourth-order valence-electron chi connectivity index (χ4n) is 1.82. The van der Waals surface area contributed by atoms with Crippen LogP contribution in [0.5, 0.6) is 0 Å². The van der Waals surface area contributed by atoms with E-state index in [0.29, 0.717) is 0 Å². The summed E-state index contributed by atoms with van der Waals surface area (Å²) in [7, 11) is 0. The third-order valence-corrected chi connectivity index (χ3v) is 3.86. The average Bonchev–Trinajstić information content (AvgIpc) is 2.29. The maximum atomic E-state index is 13.2. The Bertz CT molecular complexity index is 437. The molecule has 0 aromatic heterocycles. The highest BCUT2D eigenvalue weighted by Crippen LogP contribution is 2.36. The van der Waals surface area contributed by atoms with Crippen molar-refractivity contribution in [3.05, 3.63) is 29.6 Å². The molecule has 2 rings (SSSR count). The van der Waals surface area contributed by atoms with Gasteiger partial charge in [-0.05, 0) is 37.1 Å². The lowest BCUT2D eigenvalue weighted by Crippen LogP contribution is -2.41. The molecule has 2 atom stereocenters. The van der Waals surface area contributed by atoms with Gasteiger partial charge in [0.15, 0.2) is 0 Å². The summed E-state index contributed by atoms with van der Waals surface area (Å²) in [6.07, 6.45) is 0.805. The Morgan fingerprint density at radius 3 is 3.12 bits per heavy atom. The molecular weight excluding hydrogens is 239 g/mol. The van der Waals surface area contributed by atoms with Crippen LogP contribution in [-0.2, 0) is 4.79 Å². The summed E-state index contributed by atoms with van der Waals surface area (Å²) in [4.78, 5) is 12.6. The van der Waals surface area contributed by atoms with Crippen LogP contribution in [0, 0.1) is 5.82 Å². The summed E-state index contributed by atoms with van der Waals surface area (Å²) in [5.41, 5.74) is 6.37. The van der Waals surface area contributed by atoms with Crippen LogP contribution in [0.25, 0.3) is 0 Å². The monoisotopic (exact) mass is 254 g/mol. The van der Waals surface area contributed by atoms with E-state index in [-0.39, 0.29) is 17.8 Å². The second-order valence-electron chi connectivity index (χ2n) is 4.17. The third kappa shape index (κ3) is 2.79. The second kappa shape index (κ2) is 5.06. The normalized spacial score (nSPS) is 20.5. The van der Waals surface area contributed by atoms with Crippen molar-refractivity contribution in [2.45, 2.75) is 30.3 Å². The number of halogens is 1. The molecular formula is C12H15FN2OS. The molecule has 0 spiro atoms. The molecule has 1 aromatic rings. The zero-order valence-corrected chi connectivity index (χ0v) is 10.4. The van der Waals surface area contributed by atoms with Gasteiger partial charge in [0.05, 0.1) is 12.1 Å². The molecule has 92 valence electrons. The van der Waals surface area contributed by atoms with Crippen molar-refractivity contribution in [1.82, 2.24) is 5.32 Å². The number of nitrogens with one attached hydrogen (secondary N) is 1. The van der Waals surface area contributed by atoms with Gasteiger partial charge in [-0.2, -0.15) is 0 Å². The lowest BCUT2D eigenvalue weighted by atomic mass is 10.0. The Hall–Kier alpha value is -1.07. The highest BCUT2D eigenvalue weighted by atomic mass is 32.2. The van der Waals surface area contributed by atoms with Crippen LogP contribution in [0.4, 0.5) is 4.39 Å².